The Balaban J connectivity index is 2.09. The van der Waals surface area contributed by atoms with Crippen molar-refractivity contribution in [2.45, 2.75) is 31.7 Å². The Kier molecular flexibility index (Phi) is 6.87. The smallest absolute Gasteiger partial charge is 0.137 e. The second kappa shape index (κ2) is 8.66. The zero-order valence-electron chi connectivity index (χ0n) is 12.5. The van der Waals surface area contributed by atoms with Crippen molar-refractivity contribution in [1.82, 2.24) is 10.2 Å². The van der Waals surface area contributed by atoms with E-state index in [4.69, 9.17) is 0 Å². The minimum absolute atomic E-state index is 0.168. The van der Waals surface area contributed by atoms with Gasteiger partial charge in [-0.1, -0.05) is 18.6 Å². The summed E-state index contributed by atoms with van der Waals surface area (Å²) in [5.41, 5.74) is 1.09. The number of allylic oxidation sites excluding steroid dienone is 1. The predicted octanol–water partition coefficient (Wildman–Crippen LogP) is 4.28. The zero-order chi connectivity index (χ0) is 15.1. The van der Waals surface area contributed by atoms with Crippen LogP contribution in [-0.4, -0.2) is 31.1 Å². The first-order chi connectivity index (χ1) is 10.2. The first kappa shape index (κ1) is 16.7. The maximum atomic E-state index is 13.9. The molecule has 1 aromatic rings. The predicted molar refractivity (Wildman–Crippen MR) is 89.9 cm³/mol. The quantitative estimate of drug-likeness (QED) is 0.580. The van der Waals surface area contributed by atoms with Crippen LogP contribution in [0.3, 0.4) is 0 Å². The second-order valence-electron chi connectivity index (χ2n) is 5.55. The summed E-state index contributed by atoms with van der Waals surface area (Å²) in [6, 6.07) is 5.88. The van der Waals surface area contributed by atoms with Gasteiger partial charge >= 0.3 is 0 Å². The molecule has 21 heavy (non-hydrogen) atoms. The lowest BCUT2D eigenvalue weighted by molar-refractivity contribution is 0.162. The van der Waals surface area contributed by atoms with Gasteiger partial charge in [0.15, 0.2) is 0 Å². The van der Waals surface area contributed by atoms with E-state index in [2.05, 4.69) is 32.7 Å². The van der Waals surface area contributed by atoms with Crippen molar-refractivity contribution < 1.29 is 4.39 Å². The Bertz CT molecular complexity index is 458. The summed E-state index contributed by atoms with van der Waals surface area (Å²) in [6.45, 7) is 7.87. The number of hydrogen-bond acceptors (Lipinski definition) is 2. The fourth-order valence-electron chi connectivity index (χ4n) is 2.90. The topological polar surface area (TPSA) is 15.3 Å². The highest BCUT2D eigenvalue weighted by Crippen LogP contribution is 2.29. The molecule has 0 radical (unpaired) electrons. The van der Waals surface area contributed by atoms with Crippen molar-refractivity contribution >= 4 is 15.9 Å². The maximum Gasteiger partial charge on any atom is 0.137 e. The highest BCUT2D eigenvalue weighted by molar-refractivity contribution is 9.10. The Labute approximate surface area is 135 Å². The summed E-state index contributed by atoms with van der Waals surface area (Å²) in [6.07, 6.45) is 6.42. The molecule has 2 rings (SSSR count). The van der Waals surface area contributed by atoms with Crippen LogP contribution in [0.4, 0.5) is 4.39 Å². The summed E-state index contributed by atoms with van der Waals surface area (Å²) in [4.78, 5) is 2.48. The monoisotopic (exact) mass is 354 g/mol. The molecule has 1 atom stereocenters. The number of unbranched alkanes of at least 4 members (excludes halogenated alkanes) is 2. The molecule has 116 valence electrons. The number of nitrogens with zero attached hydrogens (tertiary/aromatic N) is 1. The molecule has 1 aliphatic rings. The van der Waals surface area contributed by atoms with Gasteiger partial charge in [0.2, 0.25) is 0 Å². The fourth-order valence-corrected chi connectivity index (χ4v) is 3.15. The summed E-state index contributed by atoms with van der Waals surface area (Å²) < 4.78 is 14.4. The van der Waals surface area contributed by atoms with Gasteiger partial charge in [-0.15, -0.1) is 6.58 Å². The molecule has 0 aromatic heterocycles. The molecule has 4 heteroatoms. The van der Waals surface area contributed by atoms with Crippen LogP contribution >= 0.6 is 15.9 Å². The molecule has 1 aliphatic heterocycles. The molecule has 0 saturated carbocycles. The van der Waals surface area contributed by atoms with E-state index in [9.17, 15) is 4.39 Å². The minimum atomic E-state index is -0.168. The largest absolute Gasteiger partial charge is 0.314 e. The van der Waals surface area contributed by atoms with Crippen molar-refractivity contribution in [1.29, 1.82) is 0 Å². The average molecular weight is 355 g/mol. The summed E-state index contributed by atoms with van der Waals surface area (Å²) in [7, 11) is 0. The Hall–Kier alpha value is -0.710. The summed E-state index contributed by atoms with van der Waals surface area (Å²) in [5.74, 6) is -0.168. The standard InChI is InChI=1S/C17H24BrFN2/c1-2-3-4-5-6-17(21-11-9-20-10-12-21)14-7-8-15(18)16(19)13-14/h2,7-8,13,17,20H,1,3-6,9-12H2/t17-/m1/s1. The van der Waals surface area contributed by atoms with E-state index in [1.54, 1.807) is 6.07 Å². The molecule has 1 saturated heterocycles. The van der Waals surface area contributed by atoms with Crippen molar-refractivity contribution in [2.75, 3.05) is 26.2 Å². The Morgan fingerprint density at radius 2 is 2.10 bits per heavy atom. The van der Waals surface area contributed by atoms with E-state index in [1.807, 2.05) is 18.2 Å². The molecule has 2 nitrogen and oxygen atoms in total. The number of hydrogen-bond donors (Lipinski definition) is 1. The highest BCUT2D eigenvalue weighted by Gasteiger charge is 2.22. The third-order valence-electron chi connectivity index (χ3n) is 4.06. The lowest BCUT2D eigenvalue weighted by Crippen LogP contribution is -2.45. The van der Waals surface area contributed by atoms with Crippen LogP contribution in [0.2, 0.25) is 0 Å². The van der Waals surface area contributed by atoms with Gasteiger partial charge in [-0.2, -0.15) is 0 Å². The van der Waals surface area contributed by atoms with Crippen LogP contribution in [0.1, 0.15) is 37.3 Å². The number of benzene rings is 1. The van der Waals surface area contributed by atoms with Crippen molar-refractivity contribution in [2.24, 2.45) is 0 Å². The highest BCUT2D eigenvalue weighted by atomic mass is 79.9. The molecule has 1 aromatic carbocycles. The number of piperazine rings is 1. The molecule has 0 amide bonds. The molecule has 0 unspecified atom stereocenters. The van der Waals surface area contributed by atoms with Crippen LogP contribution in [0.25, 0.3) is 0 Å². The van der Waals surface area contributed by atoms with Crippen LogP contribution in [0, 0.1) is 5.82 Å². The molecule has 1 heterocycles. The van der Waals surface area contributed by atoms with Gasteiger partial charge in [-0.05, 0) is 52.9 Å². The molecule has 0 spiro atoms. The summed E-state index contributed by atoms with van der Waals surface area (Å²) in [5, 5.41) is 3.38. The van der Waals surface area contributed by atoms with E-state index in [0.29, 0.717) is 10.5 Å². The van der Waals surface area contributed by atoms with Gasteiger partial charge in [0, 0.05) is 32.2 Å². The third-order valence-corrected chi connectivity index (χ3v) is 4.70. The lowest BCUT2D eigenvalue weighted by Gasteiger charge is -2.35. The van der Waals surface area contributed by atoms with Gasteiger partial charge in [-0.3, -0.25) is 4.90 Å². The molecule has 0 aliphatic carbocycles. The fraction of sp³-hybridized carbons (Fsp3) is 0.529. The molecular formula is C17H24BrFN2. The van der Waals surface area contributed by atoms with Crippen LogP contribution in [0.5, 0.6) is 0 Å². The first-order valence-corrected chi connectivity index (χ1v) is 8.52. The van der Waals surface area contributed by atoms with Crippen LogP contribution < -0.4 is 5.32 Å². The molecule has 0 bridgehead atoms. The minimum Gasteiger partial charge on any atom is -0.314 e. The normalized spacial score (nSPS) is 17.6. The zero-order valence-corrected chi connectivity index (χ0v) is 14.0. The van der Waals surface area contributed by atoms with E-state index in [0.717, 1.165) is 57.4 Å². The lowest BCUT2D eigenvalue weighted by atomic mass is 9.98. The number of halogens is 2. The van der Waals surface area contributed by atoms with Gasteiger partial charge in [0.1, 0.15) is 5.82 Å². The molecule has 1 N–H and O–H groups in total. The Morgan fingerprint density at radius 1 is 1.33 bits per heavy atom. The summed E-state index contributed by atoms with van der Waals surface area (Å²) >= 11 is 3.24. The van der Waals surface area contributed by atoms with Crippen molar-refractivity contribution in [3.63, 3.8) is 0 Å². The van der Waals surface area contributed by atoms with E-state index >= 15 is 0 Å². The van der Waals surface area contributed by atoms with Crippen LogP contribution in [-0.2, 0) is 0 Å². The van der Waals surface area contributed by atoms with Gasteiger partial charge < -0.3 is 5.32 Å². The van der Waals surface area contributed by atoms with E-state index < -0.39 is 0 Å². The third kappa shape index (κ3) is 4.90. The second-order valence-corrected chi connectivity index (χ2v) is 6.40. The van der Waals surface area contributed by atoms with Gasteiger partial charge in [0.25, 0.3) is 0 Å². The van der Waals surface area contributed by atoms with Crippen molar-refractivity contribution in [3.8, 4) is 0 Å². The Morgan fingerprint density at radius 3 is 2.76 bits per heavy atom. The molecular weight excluding hydrogens is 331 g/mol. The van der Waals surface area contributed by atoms with E-state index in [1.165, 1.54) is 0 Å². The van der Waals surface area contributed by atoms with Crippen LogP contribution in [0.15, 0.2) is 35.3 Å². The van der Waals surface area contributed by atoms with E-state index in [-0.39, 0.29) is 5.82 Å². The van der Waals surface area contributed by atoms with Crippen molar-refractivity contribution in [3.05, 3.63) is 46.7 Å². The number of rotatable bonds is 7. The SMILES string of the molecule is C=CCCCC[C@H](c1ccc(Br)c(F)c1)N1CCNCC1. The first-order valence-electron chi connectivity index (χ1n) is 7.73. The molecule has 1 fully saturated rings. The maximum absolute atomic E-state index is 13.9. The number of nitrogens with one attached hydrogen (secondary N) is 1. The average Bonchev–Trinajstić information content (AvgIpc) is 2.51. The van der Waals surface area contributed by atoms with Gasteiger partial charge in [-0.25, -0.2) is 4.39 Å². The van der Waals surface area contributed by atoms with Gasteiger partial charge in [0.05, 0.1) is 4.47 Å².